The Bertz CT molecular complexity index is 1080. The van der Waals surface area contributed by atoms with Crippen LogP contribution in [-0.2, 0) is 25.9 Å². The van der Waals surface area contributed by atoms with Crippen molar-refractivity contribution >= 4 is 152 Å². The number of ether oxygens (including phenoxy) is 1. The standard InChI is InChI=1S/C8H8F3N.C7H8IN.C3H3F3O4S.CHI3.CH2I2/c1-5-3-4-12-6(2)7(5)8(9,10)11;1-5-3-4-9-6(2)7(5)8;1-10-2(7)3(4,5)11(6,8)9;2-1(3)4;2-1-3/h3-4H,1-2H3;3-4H,1-2H3;1H3;1H;1H2. The summed E-state index contributed by atoms with van der Waals surface area (Å²) in [5.74, 6) is -2.44. The van der Waals surface area contributed by atoms with Crippen LogP contribution in [-0.4, -0.2) is 39.1 Å². The summed E-state index contributed by atoms with van der Waals surface area (Å²) in [4.78, 5) is 17.6. The van der Waals surface area contributed by atoms with Crippen LogP contribution in [0.15, 0.2) is 24.5 Å². The van der Waals surface area contributed by atoms with Crippen molar-refractivity contribution in [2.45, 2.75) is 39.1 Å². The zero-order chi connectivity index (χ0) is 31.8. The predicted octanol–water partition coefficient (Wildman–Crippen LogP) is 9.46. The first-order valence-corrected chi connectivity index (χ1v) is 18.8. The summed E-state index contributed by atoms with van der Waals surface area (Å²) >= 11 is 13.8. The largest absolute Gasteiger partial charge is 0.470 e. The Morgan fingerprint density at radius 3 is 1.49 bits per heavy atom. The Balaban J connectivity index is -0.000000447. The maximum absolute atomic E-state index is 12.3. The fourth-order valence-corrected chi connectivity index (χ4v) is 2.62. The molecule has 0 bridgehead atoms. The molecule has 2 aromatic heterocycles. The number of aromatic nitrogens is 2. The summed E-state index contributed by atoms with van der Waals surface area (Å²) in [6.45, 7) is 6.90. The molecule has 0 spiro atoms. The van der Waals surface area contributed by atoms with Crippen LogP contribution in [0.5, 0.6) is 0 Å². The van der Waals surface area contributed by atoms with Gasteiger partial charge in [0.1, 0.15) is -0.0619 Å². The normalized spacial score (nSPS) is 10.8. The van der Waals surface area contributed by atoms with E-state index < -0.39 is 33.2 Å². The number of carbonyl (C=O) groups excluding carboxylic acids is 1. The highest BCUT2D eigenvalue weighted by molar-refractivity contribution is 14.3. The van der Waals surface area contributed by atoms with Crippen LogP contribution in [0.3, 0.4) is 0 Å². The zero-order valence-electron chi connectivity index (χ0n) is 20.6. The molecule has 226 valence electrons. The van der Waals surface area contributed by atoms with Crippen molar-refractivity contribution in [3.8, 4) is 0 Å². The molecule has 0 aliphatic heterocycles. The molecule has 6 nitrogen and oxygen atoms in total. The molecule has 0 atom stereocenters. The van der Waals surface area contributed by atoms with Crippen LogP contribution < -0.4 is 0 Å². The monoisotopic (exact) mass is 1260 g/mol. The molecule has 0 saturated heterocycles. The van der Waals surface area contributed by atoms with Gasteiger partial charge in [0, 0.05) is 21.7 Å². The number of hydrogen-bond acceptors (Lipinski definition) is 6. The molecule has 0 aromatic carbocycles. The van der Waals surface area contributed by atoms with Crippen LogP contribution in [0.1, 0.15) is 28.1 Å². The van der Waals surface area contributed by atoms with Crippen molar-refractivity contribution in [3.05, 3.63) is 56.2 Å². The van der Waals surface area contributed by atoms with Gasteiger partial charge in [-0.15, -0.1) is 0 Å². The lowest BCUT2D eigenvalue weighted by Gasteiger charge is -2.11. The third kappa shape index (κ3) is 20.3. The van der Waals surface area contributed by atoms with E-state index in [2.05, 4.69) is 157 Å². The smallest absolute Gasteiger partial charge is 0.464 e. The third-order valence-electron chi connectivity index (χ3n) is 3.62. The molecule has 2 rings (SSSR count). The summed E-state index contributed by atoms with van der Waals surface area (Å²) in [5, 5.41) is -5.11. The predicted molar refractivity (Wildman–Crippen MR) is 191 cm³/mol. The van der Waals surface area contributed by atoms with E-state index in [1.54, 1.807) is 0 Å². The van der Waals surface area contributed by atoms with E-state index >= 15 is 0 Å². The summed E-state index contributed by atoms with van der Waals surface area (Å²) < 4.78 is 97.7. The van der Waals surface area contributed by atoms with Gasteiger partial charge in [0.05, 0.1) is 20.8 Å². The fraction of sp³-hybridized carbons (Fsp3) is 0.450. The van der Waals surface area contributed by atoms with Gasteiger partial charge in [-0.2, -0.15) is 30.4 Å². The van der Waals surface area contributed by atoms with Gasteiger partial charge in [0.2, 0.25) is 0 Å². The van der Waals surface area contributed by atoms with E-state index in [0.717, 1.165) is 5.63 Å². The number of hydrogen-bond donors (Lipinski definition) is 0. The maximum atomic E-state index is 12.3. The molecule has 2 aromatic rings. The first-order valence-electron chi connectivity index (χ1n) is 9.54. The number of carbonyl (C=O) groups is 1. The Hall–Kier alpha value is 1.68. The van der Waals surface area contributed by atoms with Gasteiger partial charge >= 0.3 is 27.6 Å². The van der Waals surface area contributed by atoms with Crippen molar-refractivity contribution in [2.75, 3.05) is 9.54 Å². The summed E-state index contributed by atoms with van der Waals surface area (Å²) in [5.41, 5.74) is 2.06. The van der Waals surface area contributed by atoms with E-state index in [4.69, 9.17) is 0 Å². The van der Waals surface area contributed by atoms with Gasteiger partial charge in [-0.1, -0.05) is 117 Å². The minimum Gasteiger partial charge on any atom is -0.464 e. The van der Waals surface area contributed by atoms with E-state index in [1.807, 2.05) is 19.2 Å². The highest BCUT2D eigenvalue weighted by Gasteiger charge is 2.55. The van der Waals surface area contributed by atoms with E-state index in [0.29, 0.717) is 7.11 Å². The Morgan fingerprint density at radius 1 is 0.923 bits per heavy atom. The Labute approximate surface area is 305 Å². The van der Waals surface area contributed by atoms with Gasteiger partial charge in [-0.3, -0.25) is 9.97 Å². The number of alkyl halides is 10. The molecule has 39 heavy (non-hydrogen) atoms. The summed E-state index contributed by atoms with van der Waals surface area (Å²) in [7, 11) is -5.71. The number of halogens is 12. The molecule has 0 aliphatic rings. The zero-order valence-corrected chi connectivity index (χ0v) is 34.3. The van der Waals surface area contributed by atoms with Crippen molar-refractivity contribution in [1.82, 2.24) is 9.97 Å². The first-order chi connectivity index (χ1) is 17.5. The van der Waals surface area contributed by atoms with Crippen molar-refractivity contribution < 1.29 is 43.8 Å². The lowest BCUT2D eigenvalue weighted by atomic mass is 10.1. The molecule has 2 heterocycles. The number of esters is 1. The summed E-state index contributed by atoms with van der Waals surface area (Å²) in [6, 6.07) is 3.38. The second-order valence-electron chi connectivity index (χ2n) is 6.41. The minimum absolute atomic E-state index is 0.0301. The molecular formula is C20H22F6I6N2O4S. The number of pyridine rings is 2. The van der Waals surface area contributed by atoms with Crippen molar-refractivity contribution in [2.24, 2.45) is 0 Å². The van der Waals surface area contributed by atoms with Gasteiger partial charge < -0.3 is 4.74 Å². The first kappa shape index (κ1) is 45.1. The van der Waals surface area contributed by atoms with Crippen LogP contribution in [0.2, 0.25) is 0 Å². The van der Waals surface area contributed by atoms with Crippen LogP contribution in [0, 0.1) is 31.3 Å². The SMILES string of the molecule is COC(=O)C(F)(F)S(=O)(=O)F.Cc1ccnc(C)c1C(F)(F)F.Cc1ccnc(C)c1I.IC(I)I.ICI. The van der Waals surface area contributed by atoms with E-state index in [-0.39, 0.29) is 11.3 Å². The van der Waals surface area contributed by atoms with Gasteiger partial charge in [-0.05, 0) is 73.5 Å². The molecular weight excluding hydrogens is 1240 g/mol. The van der Waals surface area contributed by atoms with Crippen LogP contribution >= 0.6 is 136 Å². The molecule has 0 amide bonds. The second kappa shape index (κ2) is 22.2. The van der Waals surface area contributed by atoms with Crippen LogP contribution in [0.25, 0.3) is 0 Å². The average Bonchev–Trinajstić information content (AvgIpc) is 2.76. The molecule has 0 aliphatic carbocycles. The van der Waals surface area contributed by atoms with Crippen LogP contribution in [0.4, 0.5) is 25.8 Å². The average molecular weight is 1260 g/mol. The number of nitrogens with zero attached hydrogens (tertiary/aromatic N) is 2. The van der Waals surface area contributed by atoms with Gasteiger partial charge in [0.15, 0.2) is 0 Å². The number of methoxy groups -OCH3 is 1. The van der Waals surface area contributed by atoms with Crippen molar-refractivity contribution in [1.29, 1.82) is 0 Å². The number of rotatable bonds is 2. The Morgan fingerprint density at radius 2 is 1.28 bits per heavy atom. The quantitative estimate of drug-likeness (QED) is 0.0981. The summed E-state index contributed by atoms with van der Waals surface area (Å²) in [6.07, 6.45) is -1.07. The topological polar surface area (TPSA) is 86.2 Å². The number of aryl methyl sites for hydroxylation is 4. The van der Waals surface area contributed by atoms with Gasteiger partial charge in [0.25, 0.3) is 0 Å². The maximum Gasteiger partial charge on any atom is 0.470 e. The van der Waals surface area contributed by atoms with E-state index in [1.165, 1.54) is 37.7 Å². The molecule has 0 unspecified atom stereocenters. The highest BCUT2D eigenvalue weighted by Crippen LogP contribution is 2.33. The molecule has 0 saturated carbocycles. The van der Waals surface area contributed by atoms with E-state index in [9.17, 15) is 39.1 Å². The Kier molecular flexibility index (Phi) is 25.7. The second-order valence-corrected chi connectivity index (χ2v) is 24.2. The highest BCUT2D eigenvalue weighted by atomic mass is 127. The third-order valence-corrected chi connectivity index (χ3v) is 6.03. The molecule has 19 heteroatoms. The lowest BCUT2D eigenvalue weighted by molar-refractivity contribution is -0.157. The molecule has 0 N–H and O–H groups in total. The fourth-order valence-electron chi connectivity index (χ4n) is 2.02. The minimum atomic E-state index is -6.22. The molecule has 0 fully saturated rings. The van der Waals surface area contributed by atoms with Crippen molar-refractivity contribution in [3.63, 3.8) is 0 Å². The lowest BCUT2D eigenvalue weighted by Crippen LogP contribution is -2.36. The molecule has 0 radical (unpaired) electrons. The van der Waals surface area contributed by atoms with Gasteiger partial charge in [-0.25, -0.2) is 4.79 Å².